The van der Waals surface area contributed by atoms with Crippen LogP contribution < -0.4 is 5.73 Å². The summed E-state index contributed by atoms with van der Waals surface area (Å²) in [4.78, 5) is 10.8. The van der Waals surface area contributed by atoms with Crippen LogP contribution in [0, 0.1) is 5.82 Å². The summed E-state index contributed by atoms with van der Waals surface area (Å²) in [6, 6.07) is 2.56. The van der Waals surface area contributed by atoms with Crippen molar-refractivity contribution in [1.29, 1.82) is 0 Å². The van der Waals surface area contributed by atoms with Crippen LogP contribution in [0.3, 0.4) is 0 Å². The Morgan fingerprint density at radius 3 is 2.87 bits per heavy atom. The molecule has 0 aliphatic rings. The number of methoxy groups -OCH3 is 1. The second-order valence-electron chi connectivity index (χ2n) is 2.75. The van der Waals surface area contributed by atoms with Gasteiger partial charge in [0.15, 0.2) is 0 Å². The zero-order valence-electron chi connectivity index (χ0n) is 7.96. The Morgan fingerprint density at radius 1 is 1.60 bits per heavy atom. The molecule has 5 heteroatoms. The number of rotatable bonds is 2. The highest BCUT2D eigenvalue weighted by molar-refractivity contribution is 6.30. The molecule has 1 aromatic rings. The molecule has 0 saturated heterocycles. The summed E-state index contributed by atoms with van der Waals surface area (Å²) in [5.74, 6) is -1.17. The number of ether oxygens (including phenoxy) is 1. The van der Waals surface area contributed by atoms with Crippen molar-refractivity contribution in [2.45, 2.75) is 0 Å². The minimum Gasteiger partial charge on any atom is -0.466 e. The van der Waals surface area contributed by atoms with Crippen LogP contribution in [0.4, 0.5) is 10.1 Å². The molecule has 0 heterocycles. The van der Waals surface area contributed by atoms with Crippen LogP contribution in [0.1, 0.15) is 5.56 Å². The fraction of sp³-hybridized carbons (Fsp3) is 0.100. The van der Waals surface area contributed by atoms with Crippen LogP contribution in [0.25, 0.3) is 6.08 Å². The highest BCUT2D eigenvalue weighted by Gasteiger charge is 2.05. The molecule has 0 saturated carbocycles. The van der Waals surface area contributed by atoms with Crippen molar-refractivity contribution in [3.05, 3.63) is 34.6 Å². The molecule has 0 amide bonds. The monoisotopic (exact) mass is 229 g/mol. The first-order chi connectivity index (χ1) is 7.04. The van der Waals surface area contributed by atoms with Crippen LogP contribution >= 0.6 is 11.6 Å². The molecule has 0 unspecified atom stereocenters. The normalized spacial score (nSPS) is 10.6. The number of esters is 1. The fourth-order valence-electron chi connectivity index (χ4n) is 0.968. The highest BCUT2D eigenvalue weighted by Crippen LogP contribution is 2.23. The van der Waals surface area contributed by atoms with E-state index in [-0.39, 0.29) is 10.7 Å². The van der Waals surface area contributed by atoms with Crippen LogP contribution in [0.2, 0.25) is 5.02 Å². The summed E-state index contributed by atoms with van der Waals surface area (Å²) in [6.45, 7) is 0. The molecule has 2 N–H and O–H groups in total. The van der Waals surface area contributed by atoms with Gasteiger partial charge in [-0.25, -0.2) is 9.18 Å². The maximum Gasteiger partial charge on any atom is 0.330 e. The molecule has 0 atom stereocenters. The van der Waals surface area contributed by atoms with Crippen LogP contribution in [0.5, 0.6) is 0 Å². The molecule has 0 radical (unpaired) electrons. The topological polar surface area (TPSA) is 52.3 Å². The third-order valence-corrected chi connectivity index (χ3v) is 1.94. The Balaban J connectivity index is 3.04. The minimum absolute atomic E-state index is 0.0560. The van der Waals surface area contributed by atoms with E-state index in [2.05, 4.69) is 4.74 Å². The summed E-state index contributed by atoms with van der Waals surface area (Å²) in [7, 11) is 1.24. The third-order valence-electron chi connectivity index (χ3n) is 1.73. The lowest BCUT2D eigenvalue weighted by molar-refractivity contribution is -0.134. The zero-order valence-corrected chi connectivity index (χ0v) is 8.72. The standard InChI is InChI=1S/C10H9ClFNO2/c1-15-9(14)3-2-6-4-7(11)5-8(12)10(6)13/h2-5H,13H2,1H3. The van der Waals surface area contributed by atoms with E-state index in [0.717, 1.165) is 12.1 Å². The number of carbonyl (C=O) groups is 1. The number of benzene rings is 1. The number of anilines is 1. The maximum atomic E-state index is 13.1. The molecule has 15 heavy (non-hydrogen) atoms. The van der Waals surface area contributed by atoms with Crippen LogP contribution in [-0.2, 0) is 9.53 Å². The molecule has 0 aliphatic carbocycles. The largest absolute Gasteiger partial charge is 0.466 e. The van der Waals surface area contributed by atoms with Crippen molar-refractivity contribution in [1.82, 2.24) is 0 Å². The van der Waals surface area contributed by atoms with Crippen molar-refractivity contribution in [3.8, 4) is 0 Å². The molecular formula is C10H9ClFNO2. The van der Waals surface area contributed by atoms with E-state index >= 15 is 0 Å². The summed E-state index contributed by atoms with van der Waals surface area (Å²) in [5.41, 5.74) is 5.72. The lowest BCUT2D eigenvalue weighted by atomic mass is 10.1. The Bertz CT molecular complexity index is 418. The van der Waals surface area contributed by atoms with Gasteiger partial charge in [0.05, 0.1) is 12.8 Å². The van der Waals surface area contributed by atoms with Gasteiger partial charge >= 0.3 is 5.97 Å². The zero-order chi connectivity index (χ0) is 11.4. The molecule has 1 rings (SSSR count). The molecule has 0 bridgehead atoms. The smallest absolute Gasteiger partial charge is 0.330 e. The predicted molar refractivity (Wildman–Crippen MR) is 56.9 cm³/mol. The van der Waals surface area contributed by atoms with Gasteiger partial charge in [-0.05, 0) is 18.2 Å². The number of nitrogen functional groups attached to an aromatic ring is 1. The first-order valence-electron chi connectivity index (χ1n) is 4.05. The second kappa shape index (κ2) is 4.79. The quantitative estimate of drug-likeness (QED) is 0.481. The van der Waals surface area contributed by atoms with Gasteiger partial charge in [0.1, 0.15) is 5.82 Å². The molecule has 0 spiro atoms. The number of hydrogen-bond donors (Lipinski definition) is 1. The van der Waals surface area contributed by atoms with Gasteiger partial charge in [-0.2, -0.15) is 0 Å². The van der Waals surface area contributed by atoms with E-state index in [9.17, 15) is 9.18 Å². The van der Waals surface area contributed by atoms with Gasteiger partial charge < -0.3 is 10.5 Å². The van der Waals surface area contributed by atoms with Gasteiger partial charge in [0, 0.05) is 16.7 Å². The van der Waals surface area contributed by atoms with Gasteiger partial charge in [-0.1, -0.05) is 11.6 Å². The van der Waals surface area contributed by atoms with E-state index < -0.39 is 11.8 Å². The van der Waals surface area contributed by atoms with Crippen LogP contribution in [-0.4, -0.2) is 13.1 Å². The minimum atomic E-state index is -0.619. The maximum absolute atomic E-state index is 13.1. The van der Waals surface area contributed by atoms with E-state index in [1.165, 1.54) is 19.3 Å². The summed E-state index contributed by atoms with van der Waals surface area (Å²) in [5, 5.41) is 0.214. The first-order valence-corrected chi connectivity index (χ1v) is 4.43. The number of carbonyl (C=O) groups excluding carboxylic acids is 1. The SMILES string of the molecule is COC(=O)C=Cc1cc(Cl)cc(F)c1N. The predicted octanol–water partition coefficient (Wildman–Crippen LogP) is 2.25. The Hall–Kier alpha value is -1.55. The summed E-state index contributed by atoms with van der Waals surface area (Å²) >= 11 is 5.63. The first kappa shape index (κ1) is 11.5. The van der Waals surface area contributed by atoms with E-state index in [0.29, 0.717) is 5.56 Å². The Morgan fingerprint density at radius 2 is 2.27 bits per heavy atom. The van der Waals surface area contributed by atoms with Crippen molar-refractivity contribution < 1.29 is 13.9 Å². The average Bonchev–Trinajstić information content (AvgIpc) is 2.20. The number of nitrogens with two attached hydrogens (primary N) is 1. The van der Waals surface area contributed by atoms with Crippen molar-refractivity contribution in [3.63, 3.8) is 0 Å². The highest BCUT2D eigenvalue weighted by atomic mass is 35.5. The molecule has 0 fully saturated rings. The summed E-state index contributed by atoms with van der Waals surface area (Å²) < 4.78 is 17.5. The third kappa shape index (κ3) is 2.95. The number of hydrogen-bond acceptors (Lipinski definition) is 3. The Labute approximate surface area is 91.3 Å². The molecule has 3 nitrogen and oxygen atoms in total. The van der Waals surface area contributed by atoms with E-state index in [1.54, 1.807) is 0 Å². The van der Waals surface area contributed by atoms with Gasteiger partial charge in [-0.3, -0.25) is 0 Å². The molecular weight excluding hydrogens is 221 g/mol. The van der Waals surface area contributed by atoms with Crippen LogP contribution in [0.15, 0.2) is 18.2 Å². The molecule has 0 aliphatic heterocycles. The van der Waals surface area contributed by atoms with E-state index in [1.807, 2.05) is 0 Å². The fourth-order valence-corrected chi connectivity index (χ4v) is 1.18. The van der Waals surface area contributed by atoms with E-state index in [4.69, 9.17) is 17.3 Å². The average molecular weight is 230 g/mol. The Kier molecular flexibility index (Phi) is 3.68. The van der Waals surface area contributed by atoms with Crippen molar-refractivity contribution in [2.75, 3.05) is 12.8 Å². The molecule has 0 aromatic heterocycles. The van der Waals surface area contributed by atoms with Crippen molar-refractivity contribution >= 4 is 29.3 Å². The lowest BCUT2D eigenvalue weighted by Gasteiger charge is -2.02. The van der Waals surface area contributed by atoms with Gasteiger partial charge in [0.25, 0.3) is 0 Å². The van der Waals surface area contributed by atoms with Crippen molar-refractivity contribution in [2.24, 2.45) is 0 Å². The summed E-state index contributed by atoms with van der Waals surface area (Å²) in [6.07, 6.45) is 2.48. The number of halogens is 2. The van der Waals surface area contributed by atoms with Gasteiger partial charge in [-0.15, -0.1) is 0 Å². The lowest BCUT2D eigenvalue weighted by Crippen LogP contribution is -1.96. The molecule has 1 aromatic carbocycles. The molecule has 80 valence electrons. The van der Waals surface area contributed by atoms with Gasteiger partial charge in [0.2, 0.25) is 0 Å². The second-order valence-corrected chi connectivity index (χ2v) is 3.18.